The molecule has 8 heteroatoms. The van der Waals surface area contributed by atoms with Gasteiger partial charge in [-0.1, -0.05) is 32.0 Å². The lowest BCUT2D eigenvalue weighted by Gasteiger charge is -2.41. The zero-order valence-corrected chi connectivity index (χ0v) is 19.5. The Bertz CT molecular complexity index is 1290. The molecule has 2 aliphatic heterocycles. The van der Waals surface area contributed by atoms with Crippen LogP contribution < -0.4 is 5.56 Å². The first-order valence-corrected chi connectivity index (χ1v) is 11.7. The number of benzene rings is 1. The molecule has 8 nitrogen and oxygen atoms in total. The molecule has 1 fully saturated rings. The number of aliphatic hydroxyl groups excluding tert-OH is 3. The molecule has 0 spiro atoms. The summed E-state index contributed by atoms with van der Waals surface area (Å²) in [4.78, 5) is 18.2. The van der Waals surface area contributed by atoms with Gasteiger partial charge in [-0.05, 0) is 37.1 Å². The van der Waals surface area contributed by atoms with E-state index in [0.29, 0.717) is 24.1 Å². The molecule has 0 amide bonds. The summed E-state index contributed by atoms with van der Waals surface area (Å²) in [6, 6.07) is 11.9. The molecular formula is C26H30N2O6. The molecule has 3 N–H and O–H groups in total. The maximum atomic E-state index is 13.3. The Morgan fingerprint density at radius 1 is 1.24 bits per heavy atom. The van der Waals surface area contributed by atoms with Gasteiger partial charge in [-0.3, -0.25) is 4.79 Å². The van der Waals surface area contributed by atoms with Crippen molar-refractivity contribution in [3.8, 4) is 11.4 Å². The fraction of sp³-hybridized carbons (Fsp3) is 0.462. The zero-order valence-electron chi connectivity index (χ0n) is 19.5. The van der Waals surface area contributed by atoms with Crippen molar-refractivity contribution in [1.82, 2.24) is 9.55 Å². The molecule has 0 saturated carbocycles. The van der Waals surface area contributed by atoms with Gasteiger partial charge in [0.25, 0.3) is 5.56 Å². The molecule has 180 valence electrons. The maximum absolute atomic E-state index is 13.3. The summed E-state index contributed by atoms with van der Waals surface area (Å²) in [5.74, 6) is -0.441. The van der Waals surface area contributed by atoms with Crippen LogP contribution in [-0.2, 0) is 16.0 Å². The fourth-order valence-electron chi connectivity index (χ4n) is 5.07. The molecule has 0 radical (unpaired) electrons. The number of rotatable bonds is 5. The molecule has 2 aromatic heterocycles. The highest BCUT2D eigenvalue weighted by Crippen LogP contribution is 2.36. The van der Waals surface area contributed by atoms with Gasteiger partial charge < -0.3 is 29.4 Å². The largest absolute Gasteiger partial charge is 0.394 e. The molecule has 6 atom stereocenters. The van der Waals surface area contributed by atoms with Gasteiger partial charge in [-0.15, -0.1) is 0 Å². The zero-order chi connectivity index (χ0) is 24.1. The number of hydrogen-bond donors (Lipinski definition) is 3. The van der Waals surface area contributed by atoms with Crippen LogP contribution in [0.5, 0.6) is 0 Å². The summed E-state index contributed by atoms with van der Waals surface area (Å²) in [6.45, 7) is 5.58. The Hall–Kier alpha value is -2.62. The Morgan fingerprint density at radius 3 is 2.74 bits per heavy atom. The molecule has 5 unspecified atom stereocenters. The van der Waals surface area contributed by atoms with Crippen molar-refractivity contribution in [2.75, 3.05) is 6.61 Å². The average Bonchev–Trinajstić information content (AvgIpc) is 3.20. The van der Waals surface area contributed by atoms with Gasteiger partial charge in [0.1, 0.15) is 6.10 Å². The number of hydrogen-bond acceptors (Lipinski definition) is 7. The highest BCUT2D eigenvalue weighted by atomic mass is 16.7. The van der Waals surface area contributed by atoms with Crippen LogP contribution in [0.3, 0.4) is 0 Å². The van der Waals surface area contributed by atoms with E-state index in [9.17, 15) is 20.1 Å². The number of nitrogens with zero attached hydrogens (tertiary/aromatic N) is 2. The summed E-state index contributed by atoms with van der Waals surface area (Å²) in [5.41, 5.74) is 4.53. The summed E-state index contributed by atoms with van der Waals surface area (Å²) in [5, 5.41) is 31.6. The molecule has 5 rings (SSSR count). The van der Waals surface area contributed by atoms with Crippen molar-refractivity contribution in [3.05, 3.63) is 63.4 Å². The van der Waals surface area contributed by atoms with Crippen molar-refractivity contribution in [3.63, 3.8) is 0 Å². The Kier molecular flexibility index (Phi) is 6.03. The van der Waals surface area contributed by atoms with Gasteiger partial charge in [0.2, 0.25) is 0 Å². The quantitative estimate of drug-likeness (QED) is 0.413. The summed E-state index contributed by atoms with van der Waals surface area (Å²) in [7, 11) is 0. The predicted octanol–water partition coefficient (Wildman–Crippen LogP) is 2.28. The number of aliphatic hydroxyl groups is 3. The lowest BCUT2D eigenvalue weighted by atomic mass is 9.91. The first kappa shape index (κ1) is 23.1. The van der Waals surface area contributed by atoms with E-state index >= 15 is 0 Å². The molecule has 1 aromatic carbocycles. The van der Waals surface area contributed by atoms with Crippen LogP contribution in [0.4, 0.5) is 0 Å². The molecule has 1 saturated heterocycles. The second-order valence-electron chi connectivity index (χ2n) is 9.29. The van der Waals surface area contributed by atoms with Crippen LogP contribution in [0.2, 0.25) is 0 Å². The number of aromatic nitrogens is 2. The smallest absolute Gasteiger partial charge is 0.254 e. The molecule has 4 heterocycles. The van der Waals surface area contributed by atoms with E-state index in [4.69, 9.17) is 14.5 Å². The molecule has 0 bridgehead atoms. The Balaban J connectivity index is 1.53. The van der Waals surface area contributed by atoms with Crippen molar-refractivity contribution < 1.29 is 24.8 Å². The molecular weight excluding hydrogens is 436 g/mol. The second-order valence-corrected chi connectivity index (χ2v) is 9.29. The van der Waals surface area contributed by atoms with Crippen LogP contribution in [0.25, 0.3) is 22.3 Å². The van der Waals surface area contributed by atoms with Gasteiger partial charge in [-0.2, -0.15) is 0 Å². The van der Waals surface area contributed by atoms with Gasteiger partial charge in [0, 0.05) is 22.4 Å². The molecule has 0 aliphatic carbocycles. The molecule has 2 aliphatic rings. The van der Waals surface area contributed by atoms with Crippen LogP contribution >= 0.6 is 0 Å². The highest BCUT2D eigenvalue weighted by molar-refractivity contribution is 5.83. The standard InChI is InChI=1S/C26H30N2O6/c1-4-20(33-26-24(31)23(30)14(3)21(12-29)34-26)17-10-19-22-16(11-28(19)25(32)13(17)2)9-15-7-5-6-8-18(15)27-22/h5-10,14,20-21,23-24,26,29-31H,4,11-12H2,1-3H3/t14?,20-,21?,23?,24?,26?/m0/s1. The minimum atomic E-state index is -1.27. The third-order valence-corrected chi connectivity index (χ3v) is 7.21. The first-order chi connectivity index (χ1) is 16.3. The van der Waals surface area contributed by atoms with Crippen molar-refractivity contribution >= 4 is 10.9 Å². The fourth-order valence-corrected chi connectivity index (χ4v) is 5.07. The van der Waals surface area contributed by atoms with E-state index in [0.717, 1.165) is 27.9 Å². The van der Waals surface area contributed by atoms with Crippen molar-refractivity contribution in [2.45, 2.75) is 64.4 Å². The number of para-hydroxylation sites is 1. The number of ether oxygens (including phenoxy) is 2. The third kappa shape index (κ3) is 3.66. The summed E-state index contributed by atoms with van der Waals surface area (Å²) in [6.07, 6.45) is -4.18. The van der Waals surface area contributed by atoms with Crippen LogP contribution in [0, 0.1) is 12.8 Å². The third-order valence-electron chi connectivity index (χ3n) is 7.21. The lowest BCUT2D eigenvalue weighted by Crippen LogP contribution is -2.55. The topological polar surface area (TPSA) is 114 Å². The van der Waals surface area contributed by atoms with E-state index in [1.807, 2.05) is 37.3 Å². The van der Waals surface area contributed by atoms with E-state index in [-0.39, 0.29) is 12.2 Å². The van der Waals surface area contributed by atoms with Gasteiger partial charge in [-0.25, -0.2) is 4.98 Å². The maximum Gasteiger partial charge on any atom is 0.254 e. The van der Waals surface area contributed by atoms with E-state index in [2.05, 4.69) is 6.07 Å². The van der Waals surface area contributed by atoms with Crippen molar-refractivity contribution in [1.29, 1.82) is 0 Å². The second kappa shape index (κ2) is 8.87. The highest BCUT2D eigenvalue weighted by Gasteiger charge is 2.43. The molecule has 3 aromatic rings. The number of pyridine rings is 2. The van der Waals surface area contributed by atoms with Crippen LogP contribution in [-0.4, -0.2) is 56.1 Å². The van der Waals surface area contributed by atoms with E-state index in [1.165, 1.54) is 0 Å². The van der Waals surface area contributed by atoms with E-state index < -0.39 is 36.6 Å². The number of fused-ring (bicyclic) bond motifs is 4. The Labute approximate surface area is 197 Å². The van der Waals surface area contributed by atoms with Crippen LogP contribution in [0.1, 0.15) is 43.1 Å². The van der Waals surface area contributed by atoms with Gasteiger partial charge in [0.15, 0.2) is 6.29 Å². The average molecular weight is 467 g/mol. The van der Waals surface area contributed by atoms with Crippen LogP contribution in [0.15, 0.2) is 41.2 Å². The van der Waals surface area contributed by atoms with Gasteiger partial charge >= 0.3 is 0 Å². The minimum absolute atomic E-state index is 0.108. The molecule has 34 heavy (non-hydrogen) atoms. The lowest BCUT2D eigenvalue weighted by molar-refractivity contribution is -0.301. The first-order valence-electron chi connectivity index (χ1n) is 11.7. The minimum Gasteiger partial charge on any atom is -0.394 e. The normalized spacial score (nSPS) is 26.9. The summed E-state index contributed by atoms with van der Waals surface area (Å²) < 4.78 is 13.6. The van der Waals surface area contributed by atoms with Crippen molar-refractivity contribution in [2.24, 2.45) is 5.92 Å². The predicted molar refractivity (Wildman–Crippen MR) is 126 cm³/mol. The monoisotopic (exact) mass is 466 g/mol. The summed E-state index contributed by atoms with van der Waals surface area (Å²) >= 11 is 0. The van der Waals surface area contributed by atoms with E-state index in [1.54, 1.807) is 18.4 Å². The SMILES string of the molecule is CC[C@H](OC1OC(CO)C(C)C(O)C1O)c1cc2n(c(=O)c1C)Cc1cc3ccccc3nc1-2. The van der Waals surface area contributed by atoms with Gasteiger partial charge in [0.05, 0.1) is 48.4 Å². The Morgan fingerprint density at radius 2 is 2.00 bits per heavy atom.